The Bertz CT molecular complexity index is 1040. The molecule has 0 unspecified atom stereocenters. The van der Waals surface area contributed by atoms with Crippen molar-refractivity contribution in [1.29, 1.82) is 0 Å². The van der Waals surface area contributed by atoms with Crippen LogP contribution in [0.4, 0.5) is 17.2 Å². The number of nitrogens with zero attached hydrogens (tertiary/aromatic N) is 3. The fraction of sp³-hybridized carbons (Fsp3) is 0.150. The Balaban J connectivity index is 1.85. The van der Waals surface area contributed by atoms with E-state index in [0.717, 1.165) is 21.1 Å². The van der Waals surface area contributed by atoms with Crippen LogP contribution in [0.3, 0.4) is 0 Å². The third-order valence-electron chi connectivity index (χ3n) is 3.58. The zero-order valence-electron chi connectivity index (χ0n) is 15.0. The number of halogens is 1. The first-order valence-corrected chi connectivity index (χ1v) is 9.02. The average Bonchev–Trinajstić information content (AvgIpc) is 2.62. The van der Waals surface area contributed by atoms with Gasteiger partial charge in [0.05, 0.1) is 12.1 Å². The van der Waals surface area contributed by atoms with Gasteiger partial charge in [0.25, 0.3) is 5.91 Å². The van der Waals surface area contributed by atoms with Crippen LogP contribution in [0.5, 0.6) is 0 Å². The van der Waals surface area contributed by atoms with Crippen molar-refractivity contribution in [3.05, 3.63) is 53.3 Å². The summed E-state index contributed by atoms with van der Waals surface area (Å²) in [5, 5.41) is 6.88. The van der Waals surface area contributed by atoms with Gasteiger partial charge in [0.2, 0.25) is 0 Å². The summed E-state index contributed by atoms with van der Waals surface area (Å²) in [6.45, 7) is 0.527. The summed E-state index contributed by atoms with van der Waals surface area (Å²) in [4.78, 5) is 22.5. The minimum atomic E-state index is -0.352. The summed E-state index contributed by atoms with van der Waals surface area (Å²) < 4.78 is 0.968. The number of carbonyl (C=O) groups excluding carboxylic acids is 1. The molecule has 0 radical (unpaired) electrons. The Morgan fingerprint density at radius 1 is 1.15 bits per heavy atom. The van der Waals surface area contributed by atoms with Crippen LogP contribution in [0.15, 0.2) is 53.3 Å². The van der Waals surface area contributed by atoms with Crippen LogP contribution in [0, 0.1) is 11.8 Å². The topological polar surface area (TPSA) is 70.2 Å². The molecule has 6 nitrogen and oxygen atoms in total. The minimum Gasteiger partial charge on any atom is -0.340 e. The maximum atomic E-state index is 12.0. The van der Waals surface area contributed by atoms with Gasteiger partial charge < -0.3 is 10.6 Å². The molecule has 0 aliphatic rings. The van der Waals surface area contributed by atoms with E-state index in [4.69, 9.17) is 0 Å². The summed E-state index contributed by atoms with van der Waals surface area (Å²) in [6, 6.07) is 13.3. The molecule has 0 aliphatic heterocycles. The molecule has 3 aromatic rings. The van der Waals surface area contributed by atoms with Crippen molar-refractivity contribution in [1.82, 2.24) is 14.9 Å². The van der Waals surface area contributed by atoms with Crippen molar-refractivity contribution in [2.75, 3.05) is 31.3 Å². The number of rotatable bonds is 4. The van der Waals surface area contributed by atoms with E-state index in [9.17, 15) is 4.79 Å². The molecule has 3 rings (SSSR count). The molecule has 7 heteroatoms. The molecule has 0 saturated heterocycles. The highest BCUT2D eigenvalue weighted by atomic mass is 79.9. The van der Waals surface area contributed by atoms with E-state index in [0.29, 0.717) is 18.1 Å². The molecule has 1 heterocycles. The standard InChI is InChI=1S/C20H18BrN5O/c1-26(2)10-4-7-19(27)24-16-8-9-18-17(12-16)20(23-13-22-18)25-15-6-3-5-14(21)11-15/h3,5-6,8-9,11-13H,10H2,1-2H3,(H,24,27)(H,22,23,25). The van der Waals surface area contributed by atoms with Crippen molar-refractivity contribution in [2.24, 2.45) is 0 Å². The smallest absolute Gasteiger partial charge is 0.300 e. The Kier molecular flexibility index (Phi) is 6.01. The van der Waals surface area contributed by atoms with E-state index >= 15 is 0 Å². The number of benzene rings is 2. The van der Waals surface area contributed by atoms with Crippen LogP contribution in [-0.2, 0) is 4.79 Å². The van der Waals surface area contributed by atoms with Crippen LogP contribution in [-0.4, -0.2) is 41.4 Å². The van der Waals surface area contributed by atoms with Crippen LogP contribution < -0.4 is 10.6 Å². The maximum Gasteiger partial charge on any atom is 0.300 e. The number of amides is 1. The molecule has 27 heavy (non-hydrogen) atoms. The summed E-state index contributed by atoms with van der Waals surface area (Å²) in [5.41, 5.74) is 2.31. The number of anilines is 3. The van der Waals surface area contributed by atoms with Gasteiger partial charge in [-0.3, -0.25) is 9.69 Å². The van der Waals surface area contributed by atoms with Gasteiger partial charge in [0, 0.05) is 21.2 Å². The van der Waals surface area contributed by atoms with Gasteiger partial charge in [-0.1, -0.05) is 27.9 Å². The van der Waals surface area contributed by atoms with E-state index in [1.54, 1.807) is 6.07 Å². The molecule has 1 aromatic heterocycles. The lowest BCUT2D eigenvalue weighted by molar-refractivity contribution is -0.111. The van der Waals surface area contributed by atoms with Crippen molar-refractivity contribution in [3.8, 4) is 11.8 Å². The third kappa shape index (κ3) is 5.26. The van der Waals surface area contributed by atoms with Crippen molar-refractivity contribution < 1.29 is 4.79 Å². The highest BCUT2D eigenvalue weighted by molar-refractivity contribution is 9.10. The predicted molar refractivity (Wildman–Crippen MR) is 112 cm³/mol. The summed E-state index contributed by atoms with van der Waals surface area (Å²) in [7, 11) is 3.80. The number of hydrogen-bond donors (Lipinski definition) is 2. The molecule has 136 valence electrons. The van der Waals surface area contributed by atoms with E-state index in [-0.39, 0.29) is 5.91 Å². The summed E-state index contributed by atoms with van der Waals surface area (Å²) >= 11 is 3.46. The highest BCUT2D eigenvalue weighted by Gasteiger charge is 2.07. The fourth-order valence-corrected chi connectivity index (χ4v) is 2.78. The zero-order chi connectivity index (χ0) is 19.2. The van der Waals surface area contributed by atoms with E-state index in [2.05, 4.69) is 48.4 Å². The maximum absolute atomic E-state index is 12.0. The van der Waals surface area contributed by atoms with Gasteiger partial charge in [0.15, 0.2) is 0 Å². The molecule has 0 fully saturated rings. The molecule has 0 bridgehead atoms. The predicted octanol–water partition coefficient (Wildman–Crippen LogP) is 3.64. The third-order valence-corrected chi connectivity index (χ3v) is 4.07. The number of nitrogens with one attached hydrogen (secondary N) is 2. The zero-order valence-corrected chi connectivity index (χ0v) is 16.5. The van der Waals surface area contributed by atoms with Gasteiger partial charge in [0.1, 0.15) is 12.1 Å². The normalized spacial score (nSPS) is 10.4. The number of aromatic nitrogens is 2. The van der Waals surface area contributed by atoms with E-state index in [1.807, 2.05) is 55.4 Å². The second kappa shape index (κ2) is 8.62. The largest absolute Gasteiger partial charge is 0.340 e. The highest BCUT2D eigenvalue weighted by Crippen LogP contribution is 2.26. The van der Waals surface area contributed by atoms with Crippen molar-refractivity contribution in [2.45, 2.75) is 0 Å². The van der Waals surface area contributed by atoms with E-state index < -0.39 is 0 Å². The Hall–Kier alpha value is -2.95. The SMILES string of the molecule is CN(C)CC#CC(=O)Nc1ccc2ncnc(Nc3cccc(Br)c3)c2c1. The van der Waals surface area contributed by atoms with Crippen molar-refractivity contribution in [3.63, 3.8) is 0 Å². The molecule has 0 spiro atoms. The summed E-state index contributed by atoms with van der Waals surface area (Å²) in [5.74, 6) is 5.70. The Morgan fingerprint density at radius 3 is 2.78 bits per heavy atom. The van der Waals surface area contributed by atoms with Crippen LogP contribution >= 0.6 is 15.9 Å². The molecule has 2 N–H and O–H groups in total. The van der Waals surface area contributed by atoms with Gasteiger partial charge in [-0.25, -0.2) is 9.97 Å². The minimum absolute atomic E-state index is 0.352. The lowest BCUT2D eigenvalue weighted by Crippen LogP contribution is -2.13. The van der Waals surface area contributed by atoms with E-state index in [1.165, 1.54) is 6.33 Å². The monoisotopic (exact) mass is 423 g/mol. The average molecular weight is 424 g/mol. The van der Waals surface area contributed by atoms with Gasteiger partial charge >= 0.3 is 0 Å². The second-order valence-electron chi connectivity index (χ2n) is 6.08. The molecule has 1 amide bonds. The summed E-state index contributed by atoms with van der Waals surface area (Å²) in [6.07, 6.45) is 1.51. The lowest BCUT2D eigenvalue weighted by atomic mass is 10.2. The molecule has 0 saturated carbocycles. The quantitative estimate of drug-likeness (QED) is 0.626. The first-order chi connectivity index (χ1) is 13.0. The first-order valence-electron chi connectivity index (χ1n) is 8.23. The van der Waals surface area contributed by atoms with Crippen LogP contribution in [0.1, 0.15) is 0 Å². The molecule has 2 aromatic carbocycles. The number of fused-ring (bicyclic) bond motifs is 1. The molecule has 0 atom stereocenters. The van der Waals surface area contributed by atoms with Gasteiger partial charge in [-0.15, -0.1) is 0 Å². The fourth-order valence-electron chi connectivity index (χ4n) is 2.38. The van der Waals surface area contributed by atoms with Crippen molar-refractivity contribution >= 4 is 49.9 Å². The van der Waals surface area contributed by atoms with Gasteiger partial charge in [-0.05, 0) is 56.4 Å². The molecular formula is C20H18BrN5O. The number of carbonyl (C=O) groups is 1. The second-order valence-corrected chi connectivity index (χ2v) is 7.00. The van der Waals surface area contributed by atoms with Crippen LogP contribution in [0.2, 0.25) is 0 Å². The molecule has 0 aliphatic carbocycles. The first kappa shape index (κ1) is 18.8. The Labute approximate surface area is 166 Å². The number of hydrogen-bond acceptors (Lipinski definition) is 5. The lowest BCUT2D eigenvalue weighted by Gasteiger charge is -2.10. The molecular weight excluding hydrogens is 406 g/mol. The van der Waals surface area contributed by atoms with Crippen LogP contribution in [0.25, 0.3) is 10.9 Å². The van der Waals surface area contributed by atoms with Gasteiger partial charge in [-0.2, -0.15) is 0 Å². The Morgan fingerprint density at radius 2 is 2.00 bits per heavy atom.